The molecule has 1 N–H and O–H groups in total. The highest BCUT2D eigenvalue weighted by atomic mass is 32.1. The third kappa shape index (κ3) is 2.57. The van der Waals surface area contributed by atoms with Crippen LogP contribution in [-0.4, -0.2) is 60.5 Å². The van der Waals surface area contributed by atoms with Gasteiger partial charge in [-0.1, -0.05) is 12.1 Å². The lowest BCUT2D eigenvalue weighted by atomic mass is 10.2. The van der Waals surface area contributed by atoms with E-state index in [1.165, 1.54) is 11.3 Å². The monoisotopic (exact) mass is 290 g/mol. The Kier molecular flexibility index (Phi) is 3.74. The molecule has 0 aliphatic carbocycles. The molecule has 0 radical (unpaired) electrons. The van der Waals surface area contributed by atoms with Crippen LogP contribution in [0.15, 0.2) is 24.3 Å². The molecule has 4 nitrogen and oxygen atoms in total. The summed E-state index contributed by atoms with van der Waals surface area (Å²) < 4.78 is 0.965. The number of hydrogen-bond acceptors (Lipinski definition) is 5. The summed E-state index contributed by atoms with van der Waals surface area (Å²) in [6, 6.07) is 7.59. The molecule has 1 aromatic carbocycles. The number of fused-ring (bicyclic) bond motifs is 1. The zero-order chi connectivity index (χ0) is 14.1. The molecule has 1 aliphatic heterocycles. The minimum Gasteiger partial charge on any atom is -0.506 e. The van der Waals surface area contributed by atoms with E-state index in [2.05, 4.69) is 16.8 Å². The molecular formula is C15H18N2O2S. The zero-order valence-electron chi connectivity index (χ0n) is 11.5. The predicted octanol–water partition coefficient (Wildman–Crippen LogP) is 2.04. The van der Waals surface area contributed by atoms with Crippen LogP contribution in [0, 0.1) is 0 Å². The van der Waals surface area contributed by atoms with E-state index < -0.39 is 0 Å². The van der Waals surface area contributed by atoms with Gasteiger partial charge in [0.15, 0.2) is 5.78 Å². The van der Waals surface area contributed by atoms with Crippen molar-refractivity contribution in [2.45, 2.75) is 0 Å². The van der Waals surface area contributed by atoms with E-state index in [1.807, 2.05) is 24.3 Å². The number of benzene rings is 1. The molecule has 1 fully saturated rings. The molecule has 1 aliphatic rings. The molecule has 2 aromatic rings. The first-order valence-electron chi connectivity index (χ1n) is 6.80. The fourth-order valence-electron chi connectivity index (χ4n) is 2.50. The third-order valence-corrected chi connectivity index (χ3v) is 4.99. The highest BCUT2D eigenvalue weighted by molar-refractivity contribution is 7.21. The Hall–Kier alpha value is -1.43. The van der Waals surface area contributed by atoms with E-state index in [0.717, 1.165) is 36.3 Å². The highest BCUT2D eigenvalue weighted by Crippen LogP contribution is 2.36. The van der Waals surface area contributed by atoms with Crippen molar-refractivity contribution in [2.24, 2.45) is 0 Å². The molecular weight excluding hydrogens is 272 g/mol. The summed E-state index contributed by atoms with van der Waals surface area (Å²) in [6.45, 7) is 4.20. The number of aromatic hydroxyl groups is 1. The zero-order valence-corrected chi connectivity index (χ0v) is 12.3. The highest BCUT2D eigenvalue weighted by Gasteiger charge is 2.22. The number of likely N-dealkylation sites (N-methyl/N-ethyl adjacent to an activating group) is 1. The molecule has 0 saturated carbocycles. The van der Waals surface area contributed by atoms with Gasteiger partial charge in [-0.3, -0.25) is 9.69 Å². The second kappa shape index (κ2) is 5.52. The Morgan fingerprint density at radius 3 is 2.65 bits per heavy atom. The SMILES string of the molecule is CN1CCN(CC(=O)c2sc3ccccc3c2O)CC1. The summed E-state index contributed by atoms with van der Waals surface area (Å²) in [4.78, 5) is 17.3. The van der Waals surface area contributed by atoms with E-state index in [9.17, 15) is 9.90 Å². The van der Waals surface area contributed by atoms with Gasteiger partial charge in [0.25, 0.3) is 0 Å². The maximum absolute atomic E-state index is 12.4. The van der Waals surface area contributed by atoms with Gasteiger partial charge in [-0.2, -0.15) is 0 Å². The third-order valence-electron chi connectivity index (χ3n) is 3.79. The van der Waals surface area contributed by atoms with E-state index in [1.54, 1.807) is 0 Å². The molecule has 0 amide bonds. The number of nitrogens with zero attached hydrogens (tertiary/aromatic N) is 2. The van der Waals surface area contributed by atoms with Gasteiger partial charge in [-0.25, -0.2) is 0 Å². The van der Waals surface area contributed by atoms with Gasteiger partial charge < -0.3 is 10.0 Å². The van der Waals surface area contributed by atoms with Crippen LogP contribution in [-0.2, 0) is 0 Å². The maximum Gasteiger partial charge on any atom is 0.190 e. The minimum atomic E-state index is 0.0215. The fourth-order valence-corrected chi connectivity index (χ4v) is 3.53. The van der Waals surface area contributed by atoms with Crippen molar-refractivity contribution in [3.05, 3.63) is 29.1 Å². The van der Waals surface area contributed by atoms with Gasteiger partial charge in [-0.15, -0.1) is 11.3 Å². The molecule has 0 bridgehead atoms. The first kappa shape index (κ1) is 13.5. The van der Waals surface area contributed by atoms with Gasteiger partial charge in [0.1, 0.15) is 10.6 Å². The molecule has 0 spiro atoms. The van der Waals surface area contributed by atoms with Crippen LogP contribution in [0.1, 0.15) is 9.67 Å². The summed E-state index contributed by atoms with van der Waals surface area (Å²) >= 11 is 1.38. The fraction of sp³-hybridized carbons (Fsp3) is 0.400. The van der Waals surface area contributed by atoms with Crippen LogP contribution in [0.2, 0.25) is 0 Å². The second-order valence-electron chi connectivity index (χ2n) is 5.28. The molecule has 3 rings (SSSR count). The van der Waals surface area contributed by atoms with Crippen molar-refractivity contribution in [2.75, 3.05) is 39.8 Å². The van der Waals surface area contributed by atoms with Crippen LogP contribution in [0.25, 0.3) is 10.1 Å². The molecule has 5 heteroatoms. The topological polar surface area (TPSA) is 43.8 Å². The van der Waals surface area contributed by atoms with Crippen molar-refractivity contribution in [1.82, 2.24) is 9.80 Å². The van der Waals surface area contributed by atoms with Crippen molar-refractivity contribution < 1.29 is 9.90 Å². The number of hydrogen-bond donors (Lipinski definition) is 1. The standard InChI is InChI=1S/C15H18N2O2S/c1-16-6-8-17(9-7-16)10-12(18)15-14(19)11-4-2-3-5-13(11)20-15/h2-5,19H,6-10H2,1H3. The van der Waals surface area contributed by atoms with E-state index in [0.29, 0.717) is 11.4 Å². The van der Waals surface area contributed by atoms with Crippen molar-refractivity contribution in [3.8, 4) is 5.75 Å². The van der Waals surface area contributed by atoms with Crippen LogP contribution < -0.4 is 0 Å². The maximum atomic E-state index is 12.4. The van der Waals surface area contributed by atoms with Gasteiger partial charge >= 0.3 is 0 Å². The van der Waals surface area contributed by atoms with Crippen LogP contribution >= 0.6 is 11.3 Å². The molecule has 2 heterocycles. The van der Waals surface area contributed by atoms with Crippen molar-refractivity contribution >= 4 is 27.2 Å². The van der Waals surface area contributed by atoms with Crippen LogP contribution in [0.4, 0.5) is 0 Å². The Balaban J connectivity index is 1.77. The molecule has 1 aromatic heterocycles. The number of Topliss-reactive ketones (excluding diaryl/α,β-unsaturated/α-hetero) is 1. The Labute approximate surface area is 122 Å². The summed E-state index contributed by atoms with van der Waals surface area (Å²) in [5.74, 6) is 0.165. The Bertz CT molecular complexity index is 630. The summed E-state index contributed by atoms with van der Waals surface area (Å²) in [5.41, 5.74) is 0. The quantitative estimate of drug-likeness (QED) is 0.879. The Morgan fingerprint density at radius 1 is 1.25 bits per heavy atom. The largest absolute Gasteiger partial charge is 0.506 e. The lowest BCUT2D eigenvalue weighted by Crippen LogP contribution is -2.46. The second-order valence-corrected chi connectivity index (χ2v) is 6.33. The van der Waals surface area contributed by atoms with Gasteiger partial charge in [0, 0.05) is 36.3 Å². The summed E-state index contributed by atoms with van der Waals surface area (Å²) in [5, 5.41) is 11.0. The first-order chi connectivity index (χ1) is 9.65. The Morgan fingerprint density at radius 2 is 1.95 bits per heavy atom. The van der Waals surface area contributed by atoms with Crippen LogP contribution in [0.3, 0.4) is 0 Å². The number of thiophene rings is 1. The van der Waals surface area contributed by atoms with Gasteiger partial charge in [-0.05, 0) is 19.2 Å². The summed E-state index contributed by atoms with van der Waals surface area (Å²) in [7, 11) is 2.09. The molecule has 0 unspecified atom stereocenters. The normalized spacial score (nSPS) is 17.6. The van der Waals surface area contributed by atoms with E-state index in [4.69, 9.17) is 0 Å². The van der Waals surface area contributed by atoms with E-state index in [-0.39, 0.29) is 11.5 Å². The average Bonchev–Trinajstić information content (AvgIpc) is 2.79. The lowest BCUT2D eigenvalue weighted by Gasteiger charge is -2.31. The molecule has 0 atom stereocenters. The van der Waals surface area contributed by atoms with Gasteiger partial charge in [0.05, 0.1) is 6.54 Å². The smallest absolute Gasteiger partial charge is 0.190 e. The average molecular weight is 290 g/mol. The number of piperazine rings is 1. The molecule has 20 heavy (non-hydrogen) atoms. The first-order valence-corrected chi connectivity index (χ1v) is 7.61. The van der Waals surface area contributed by atoms with Crippen LogP contribution in [0.5, 0.6) is 5.75 Å². The molecule has 106 valence electrons. The summed E-state index contributed by atoms with van der Waals surface area (Å²) in [6.07, 6.45) is 0. The number of carbonyl (C=O) groups excluding carboxylic acids is 1. The lowest BCUT2D eigenvalue weighted by molar-refractivity contribution is 0.0878. The number of rotatable bonds is 3. The predicted molar refractivity (Wildman–Crippen MR) is 81.8 cm³/mol. The minimum absolute atomic E-state index is 0.0215. The number of carbonyl (C=O) groups is 1. The van der Waals surface area contributed by atoms with Gasteiger partial charge in [0.2, 0.25) is 0 Å². The van der Waals surface area contributed by atoms with E-state index >= 15 is 0 Å². The van der Waals surface area contributed by atoms with Crippen molar-refractivity contribution in [3.63, 3.8) is 0 Å². The van der Waals surface area contributed by atoms with Crippen molar-refractivity contribution in [1.29, 1.82) is 0 Å². The molecule has 1 saturated heterocycles. The number of ketones is 1.